The van der Waals surface area contributed by atoms with Crippen molar-refractivity contribution in [3.8, 4) is 0 Å². The van der Waals surface area contributed by atoms with Crippen LogP contribution in [0, 0.1) is 13.8 Å². The van der Waals surface area contributed by atoms with E-state index in [9.17, 15) is 8.42 Å². The van der Waals surface area contributed by atoms with Gasteiger partial charge in [0.25, 0.3) is 0 Å². The molecule has 20 heavy (non-hydrogen) atoms. The molecule has 2 aromatic rings. The van der Waals surface area contributed by atoms with Crippen molar-refractivity contribution in [2.45, 2.75) is 25.3 Å². The summed E-state index contributed by atoms with van der Waals surface area (Å²) < 4.78 is 22.7. The summed E-state index contributed by atoms with van der Waals surface area (Å²) in [5.74, 6) is 1.49. The summed E-state index contributed by atoms with van der Waals surface area (Å²) in [6.07, 6.45) is 1.20. The molecule has 1 aromatic carbocycles. The van der Waals surface area contributed by atoms with Crippen molar-refractivity contribution in [3.63, 3.8) is 0 Å². The molecule has 1 aromatic heterocycles. The molecule has 0 saturated heterocycles. The minimum absolute atomic E-state index is 0.329. The van der Waals surface area contributed by atoms with Gasteiger partial charge in [0.05, 0.1) is 4.90 Å². The smallest absolute Gasteiger partial charge is 0.175 e. The van der Waals surface area contributed by atoms with Gasteiger partial charge < -0.3 is 5.32 Å². The van der Waals surface area contributed by atoms with E-state index in [1.165, 1.54) is 6.26 Å². The van der Waals surface area contributed by atoms with E-state index in [0.29, 0.717) is 11.4 Å². The van der Waals surface area contributed by atoms with Gasteiger partial charge in [-0.25, -0.2) is 18.4 Å². The van der Waals surface area contributed by atoms with Crippen LogP contribution in [0.4, 0.5) is 5.82 Å². The number of aromatic nitrogens is 2. The Kier molecular flexibility index (Phi) is 4.04. The summed E-state index contributed by atoms with van der Waals surface area (Å²) in [5.41, 5.74) is 1.90. The summed E-state index contributed by atoms with van der Waals surface area (Å²) in [6, 6.07) is 8.69. The molecule has 1 N–H and O–H groups in total. The van der Waals surface area contributed by atoms with Crippen molar-refractivity contribution < 1.29 is 8.42 Å². The number of aryl methyl sites for hydroxylation is 2. The molecule has 0 fully saturated rings. The summed E-state index contributed by atoms with van der Waals surface area (Å²) in [5, 5.41) is 3.20. The fourth-order valence-corrected chi connectivity index (χ4v) is 2.49. The number of hydrogen-bond acceptors (Lipinski definition) is 5. The Balaban J connectivity index is 2.07. The molecule has 2 rings (SSSR count). The number of hydrogen-bond donors (Lipinski definition) is 1. The van der Waals surface area contributed by atoms with Crippen molar-refractivity contribution in [2.75, 3.05) is 11.6 Å². The number of anilines is 1. The highest BCUT2D eigenvalue weighted by atomic mass is 32.2. The average Bonchev–Trinajstić information content (AvgIpc) is 2.35. The van der Waals surface area contributed by atoms with Gasteiger partial charge in [0.15, 0.2) is 9.84 Å². The molecule has 0 radical (unpaired) electrons. The fraction of sp³-hybridized carbons (Fsp3) is 0.286. The highest BCUT2D eigenvalue weighted by Crippen LogP contribution is 2.12. The van der Waals surface area contributed by atoms with Crippen LogP contribution in [0.5, 0.6) is 0 Å². The highest BCUT2D eigenvalue weighted by Gasteiger charge is 2.06. The zero-order valence-electron chi connectivity index (χ0n) is 11.7. The molecule has 0 unspecified atom stereocenters. The Morgan fingerprint density at radius 2 is 1.75 bits per heavy atom. The first-order chi connectivity index (χ1) is 9.34. The van der Waals surface area contributed by atoms with Crippen LogP contribution in [0.3, 0.4) is 0 Å². The maximum Gasteiger partial charge on any atom is 0.175 e. The average molecular weight is 291 g/mol. The predicted octanol–water partition coefficient (Wildman–Crippen LogP) is 2.11. The molecule has 0 bridgehead atoms. The number of nitrogens with one attached hydrogen (secondary N) is 1. The molecule has 0 spiro atoms. The van der Waals surface area contributed by atoms with Gasteiger partial charge in [-0.3, -0.25) is 0 Å². The lowest BCUT2D eigenvalue weighted by molar-refractivity contribution is 0.602. The van der Waals surface area contributed by atoms with Crippen LogP contribution in [0.2, 0.25) is 0 Å². The van der Waals surface area contributed by atoms with Gasteiger partial charge in [-0.05, 0) is 31.5 Å². The number of rotatable bonds is 4. The first-order valence-electron chi connectivity index (χ1n) is 6.20. The lowest BCUT2D eigenvalue weighted by Gasteiger charge is -2.07. The van der Waals surface area contributed by atoms with Gasteiger partial charge in [-0.15, -0.1) is 0 Å². The van der Waals surface area contributed by atoms with Gasteiger partial charge in [-0.2, -0.15) is 0 Å². The van der Waals surface area contributed by atoms with E-state index >= 15 is 0 Å². The standard InChI is InChI=1S/C14H17N3O2S/c1-10-8-14(17-11(2)16-10)15-9-12-4-6-13(7-5-12)20(3,18)19/h4-8H,9H2,1-3H3,(H,15,16,17). The zero-order chi connectivity index (χ0) is 14.8. The predicted molar refractivity (Wildman–Crippen MR) is 78.4 cm³/mol. The molecule has 1 heterocycles. The molecule has 0 amide bonds. The lowest BCUT2D eigenvalue weighted by atomic mass is 10.2. The Labute approximate surface area is 119 Å². The second kappa shape index (κ2) is 5.58. The molecule has 5 nitrogen and oxygen atoms in total. The van der Waals surface area contributed by atoms with Gasteiger partial charge >= 0.3 is 0 Å². The molecular formula is C14H17N3O2S. The summed E-state index contributed by atoms with van der Waals surface area (Å²) in [4.78, 5) is 8.83. The molecule has 0 aliphatic rings. The van der Waals surface area contributed by atoms with Crippen molar-refractivity contribution in [3.05, 3.63) is 47.4 Å². The van der Waals surface area contributed by atoms with Crippen molar-refractivity contribution in [1.29, 1.82) is 0 Å². The topological polar surface area (TPSA) is 72.0 Å². The molecule has 106 valence electrons. The van der Waals surface area contributed by atoms with Crippen LogP contribution in [-0.4, -0.2) is 24.6 Å². The van der Waals surface area contributed by atoms with Crippen molar-refractivity contribution >= 4 is 15.7 Å². The monoisotopic (exact) mass is 291 g/mol. The molecule has 6 heteroatoms. The zero-order valence-corrected chi connectivity index (χ0v) is 12.5. The summed E-state index contributed by atoms with van der Waals surface area (Å²) >= 11 is 0. The lowest BCUT2D eigenvalue weighted by Crippen LogP contribution is -2.04. The van der Waals surface area contributed by atoms with Gasteiger partial charge in [0.2, 0.25) is 0 Å². The largest absolute Gasteiger partial charge is 0.366 e. The van der Waals surface area contributed by atoms with E-state index in [4.69, 9.17) is 0 Å². The van der Waals surface area contributed by atoms with Gasteiger partial charge in [0, 0.05) is 24.6 Å². The van der Waals surface area contributed by atoms with Crippen molar-refractivity contribution in [2.24, 2.45) is 0 Å². The van der Waals surface area contributed by atoms with Crippen LogP contribution in [0.25, 0.3) is 0 Å². The van der Waals surface area contributed by atoms with E-state index in [1.54, 1.807) is 24.3 Å². The summed E-state index contributed by atoms with van der Waals surface area (Å²) in [7, 11) is -3.14. The second-order valence-electron chi connectivity index (χ2n) is 4.71. The van der Waals surface area contributed by atoms with E-state index in [0.717, 1.165) is 22.9 Å². The first kappa shape index (κ1) is 14.5. The highest BCUT2D eigenvalue weighted by molar-refractivity contribution is 7.90. The normalized spacial score (nSPS) is 11.3. The maximum absolute atomic E-state index is 11.4. The molecule has 0 aliphatic carbocycles. The number of sulfone groups is 1. The third-order valence-corrected chi connectivity index (χ3v) is 3.92. The number of nitrogens with zero attached hydrogens (tertiary/aromatic N) is 2. The minimum atomic E-state index is -3.14. The van der Waals surface area contributed by atoms with Crippen LogP contribution in [0.1, 0.15) is 17.1 Å². The van der Waals surface area contributed by atoms with E-state index in [2.05, 4.69) is 15.3 Å². The summed E-state index contributed by atoms with van der Waals surface area (Å²) in [6.45, 7) is 4.35. The molecular weight excluding hydrogens is 274 g/mol. The fourth-order valence-electron chi connectivity index (χ4n) is 1.85. The Morgan fingerprint density at radius 3 is 2.30 bits per heavy atom. The van der Waals surface area contributed by atoms with Gasteiger partial charge in [-0.1, -0.05) is 12.1 Å². The minimum Gasteiger partial charge on any atom is -0.366 e. The van der Waals surface area contributed by atoms with Crippen LogP contribution in [-0.2, 0) is 16.4 Å². The Morgan fingerprint density at radius 1 is 1.10 bits per heavy atom. The number of benzene rings is 1. The van der Waals surface area contributed by atoms with E-state index in [-0.39, 0.29) is 0 Å². The Hall–Kier alpha value is -1.95. The first-order valence-corrected chi connectivity index (χ1v) is 8.09. The molecule has 0 saturated carbocycles. The quantitative estimate of drug-likeness (QED) is 0.934. The van der Waals surface area contributed by atoms with E-state index in [1.807, 2.05) is 19.9 Å². The van der Waals surface area contributed by atoms with Crippen LogP contribution in [0.15, 0.2) is 35.2 Å². The third-order valence-electron chi connectivity index (χ3n) is 2.79. The third kappa shape index (κ3) is 3.77. The van der Waals surface area contributed by atoms with Crippen LogP contribution < -0.4 is 5.32 Å². The Bertz CT molecular complexity index is 689. The second-order valence-corrected chi connectivity index (χ2v) is 6.73. The van der Waals surface area contributed by atoms with E-state index < -0.39 is 9.84 Å². The van der Waals surface area contributed by atoms with Gasteiger partial charge in [0.1, 0.15) is 11.6 Å². The molecule has 0 aliphatic heterocycles. The van der Waals surface area contributed by atoms with Crippen LogP contribution >= 0.6 is 0 Å². The SMILES string of the molecule is Cc1cc(NCc2ccc(S(C)(=O)=O)cc2)nc(C)n1. The maximum atomic E-state index is 11.4. The molecule has 0 atom stereocenters. The van der Waals surface area contributed by atoms with Crippen molar-refractivity contribution in [1.82, 2.24) is 9.97 Å².